The molecule has 0 fully saturated rings. The average molecular weight is 588 g/mol. The molecule has 0 aliphatic rings. The van der Waals surface area contributed by atoms with Crippen LogP contribution in [0.25, 0.3) is 0 Å². The maximum atomic E-state index is 14.6. The summed E-state index contributed by atoms with van der Waals surface area (Å²) in [6.07, 6.45) is 0.677. The Kier molecular flexibility index (Phi) is 10.3. The summed E-state index contributed by atoms with van der Waals surface area (Å²) in [6, 6.07) is 15.8. The summed E-state index contributed by atoms with van der Waals surface area (Å²) >= 11 is 6.34. The van der Waals surface area contributed by atoms with Gasteiger partial charge in [-0.1, -0.05) is 60.5 Å². The van der Waals surface area contributed by atoms with Crippen molar-refractivity contribution in [2.75, 3.05) is 10.8 Å². The van der Waals surface area contributed by atoms with Gasteiger partial charge in [-0.25, -0.2) is 12.8 Å². The summed E-state index contributed by atoms with van der Waals surface area (Å²) < 4.78 is 43.4. The van der Waals surface area contributed by atoms with Crippen molar-refractivity contribution < 1.29 is 22.4 Å². The Morgan fingerprint density at radius 3 is 2.25 bits per heavy atom. The van der Waals surface area contributed by atoms with E-state index in [0.29, 0.717) is 11.4 Å². The molecule has 3 aromatic rings. The Morgan fingerprint density at radius 1 is 1.00 bits per heavy atom. The zero-order valence-corrected chi connectivity index (χ0v) is 24.9. The van der Waals surface area contributed by atoms with Gasteiger partial charge in [0.15, 0.2) is 0 Å². The highest BCUT2D eigenvalue weighted by Crippen LogP contribution is 2.29. The molecule has 10 heteroatoms. The largest absolute Gasteiger partial charge is 0.352 e. The first-order chi connectivity index (χ1) is 18.8. The highest BCUT2D eigenvalue weighted by molar-refractivity contribution is 7.92. The van der Waals surface area contributed by atoms with E-state index in [9.17, 15) is 22.4 Å². The number of carbonyl (C=O) groups excluding carboxylic acids is 2. The van der Waals surface area contributed by atoms with Crippen molar-refractivity contribution in [1.82, 2.24) is 10.2 Å². The van der Waals surface area contributed by atoms with Crippen molar-refractivity contribution in [2.45, 2.75) is 64.6 Å². The van der Waals surface area contributed by atoms with Gasteiger partial charge in [-0.15, -0.1) is 0 Å². The van der Waals surface area contributed by atoms with Crippen LogP contribution in [-0.4, -0.2) is 43.8 Å². The summed E-state index contributed by atoms with van der Waals surface area (Å²) in [7, 11) is -4.23. The standard InChI is InChI=1S/C30H35ClFN3O4S/c1-6-22(4)33-30(37)23(5)34(18-24-9-7-8-10-28(24)32)29(36)19-35(25-14-13-21(3)27(31)17-25)40(38,39)26-15-11-20(2)12-16-26/h7-17,22-23H,6,18-19H2,1-5H3,(H,33,37)/t22-,23-/m1/s1. The second kappa shape index (κ2) is 13.3. The number of rotatable bonds is 11. The first-order valence-corrected chi connectivity index (χ1v) is 14.9. The predicted octanol–water partition coefficient (Wildman–Crippen LogP) is 5.62. The molecule has 3 rings (SSSR count). The number of nitrogens with one attached hydrogen (secondary N) is 1. The smallest absolute Gasteiger partial charge is 0.264 e. The van der Waals surface area contributed by atoms with Gasteiger partial charge in [-0.3, -0.25) is 13.9 Å². The number of aryl methyl sites for hydroxylation is 2. The monoisotopic (exact) mass is 587 g/mol. The third-order valence-electron chi connectivity index (χ3n) is 6.80. The minimum absolute atomic E-state index is 0.00851. The molecule has 40 heavy (non-hydrogen) atoms. The van der Waals surface area contributed by atoms with Crippen molar-refractivity contribution in [3.63, 3.8) is 0 Å². The molecule has 0 unspecified atom stereocenters. The molecular weight excluding hydrogens is 553 g/mol. The topological polar surface area (TPSA) is 86.8 Å². The van der Waals surface area contributed by atoms with E-state index in [-0.39, 0.29) is 28.7 Å². The van der Waals surface area contributed by atoms with Gasteiger partial charge in [0.2, 0.25) is 11.8 Å². The number of hydrogen-bond acceptors (Lipinski definition) is 4. The molecule has 2 amide bonds. The normalized spacial score (nSPS) is 12.9. The second-order valence-corrected chi connectivity index (χ2v) is 12.1. The molecule has 3 aromatic carbocycles. The van der Waals surface area contributed by atoms with Crippen LogP contribution in [0, 0.1) is 19.7 Å². The molecule has 0 radical (unpaired) electrons. The number of anilines is 1. The molecule has 0 saturated carbocycles. The highest BCUT2D eigenvalue weighted by atomic mass is 35.5. The summed E-state index contributed by atoms with van der Waals surface area (Å²) in [4.78, 5) is 28.2. The molecule has 0 heterocycles. The van der Waals surface area contributed by atoms with Crippen LogP contribution in [0.5, 0.6) is 0 Å². The Balaban J connectivity index is 2.06. The van der Waals surface area contributed by atoms with Crippen LogP contribution in [0.1, 0.15) is 43.9 Å². The lowest BCUT2D eigenvalue weighted by atomic mass is 10.1. The molecule has 0 aliphatic carbocycles. The number of hydrogen-bond donors (Lipinski definition) is 1. The molecular formula is C30H35ClFN3O4S. The zero-order valence-electron chi connectivity index (χ0n) is 23.3. The number of carbonyl (C=O) groups is 2. The fourth-order valence-electron chi connectivity index (χ4n) is 3.96. The van der Waals surface area contributed by atoms with Crippen molar-refractivity contribution in [2.24, 2.45) is 0 Å². The van der Waals surface area contributed by atoms with Gasteiger partial charge in [0.25, 0.3) is 10.0 Å². The lowest BCUT2D eigenvalue weighted by molar-refractivity contribution is -0.139. The van der Waals surface area contributed by atoms with Crippen LogP contribution in [0.4, 0.5) is 10.1 Å². The predicted molar refractivity (Wildman–Crippen MR) is 156 cm³/mol. The van der Waals surface area contributed by atoms with Gasteiger partial charge in [0.1, 0.15) is 18.4 Å². The maximum Gasteiger partial charge on any atom is 0.264 e. The van der Waals surface area contributed by atoms with Crippen LogP contribution in [0.2, 0.25) is 5.02 Å². The van der Waals surface area contributed by atoms with Crippen molar-refractivity contribution in [3.05, 3.63) is 94.3 Å². The summed E-state index contributed by atoms with van der Waals surface area (Å²) in [6.45, 7) is 8.05. The van der Waals surface area contributed by atoms with Crippen LogP contribution < -0.4 is 9.62 Å². The number of benzene rings is 3. The molecule has 0 bridgehead atoms. The Bertz CT molecular complexity index is 1460. The minimum atomic E-state index is -4.23. The molecule has 0 aromatic heterocycles. The molecule has 7 nitrogen and oxygen atoms in total. The van der Waals surface area contributed by atoms with Crippen molar-refractivity contribution in [3.8, 4) is 0 Å². The molecule has 2 atom stereocenters. The van der Waals surface area contributed by atoms with E-state index < -0.39 is 40.2 Å². The van der Waals surface area contributed by atoms with Gasteiger partial charge in [-0.05, 0) is 70.0 Å². The fraction of sp³-hybridized carbons (Fsp3) is 0.333. The lowest BCUT2D eigenvalue weighted by Gasteiger charge is -2.32. The minimum Gasteiger partial charge on any atom is -0.352 e. The van der Waals surface area contributed by atoms with Gasteiger partial charge in [0, 0.05) is 23.2 Å². The third kappa shape index (κ3) is 7.40. The summed E-state index contributed by atoms with van der Waals surface area (Å²) in [5.74, 6) is -1.64. The van der Waals surface area contributed by atoms with Crippen LogP contribution in [0.15, 0.2) is 71.6 Å². The Hall–Kier alpha value is -3.43. The van der Waals surface area contributed by atoms with E-state index >= 15 is 0 Å². The second-order valence-electron chi connectivity index (χ2n) is 9.87. The first-order valence-electron chi connectivity index (χ1n) is 13.0. The first kappa shape index (κ1) is 31.1. The fourth-order valence-corrected chi connectivity index (χ4v) is 5.54. The van der Waals surface area contributed by atoms with Gasteiger partial charge >= 0.3 is 0 Å². The molecule has 0 spiro atoms. The summed E-state index contributed by atoms with van der Waals surface area (Å²) in [5, 5.41) is 3.18. The maximum absolute atomic E-state index is 14.6. The van der Waals surface area contributed by atoms with Crippen LogP contribution >= 0.6 is 11.6 Å². The van der Waals surface area contributed by atoms with Crippen molar-refractivity contribution in [1.29, 1.82) is 0 Å². The lowest BCUT2D eigenvalue weighted by Crippen LogP contribution is -2.52. The molecule has 0 aliphatic heterocycles. The van der Waals surface area contributed by atoms with E-state index in [4.69, 9.17) is 11.6 Å². The van der Waals surface area contributed by atoms with E-state index in [1.54, 1.807) is 37.3 Å². The molecule has 1 N–H and O–H groups in total. The summed E-state index contributed by atoms with van der Waals surface area (Å²) in [5.41, 5.74) is 2.00. The van der Waals surface area contributed by atoms with E-state index in [0.717, 1.165) is 15.4 Å². The highest BCUT2D eigenvalue weighted by Gasteiger charge is 2.33. The Morgan fingerprint density at radius 2 is 1.65 bits per heavy atom. The molecule has 0 saturated heterocycles. The SMILES string of the molecule is CC[C@@H](C)NC(=O)[C@@H](C)N(Cc1ccccc1F)C(=O)CN(c1ccc(C)c(Cl)c1)S(=O)(=O)c1ccc(C)cc1. The van der Waals surface area contributed by atoms with Gasteiger partial charge in [0.05, 0.1) is 10.6 Å². The molecule has 214 valence electrons. The number of halogens is 2. The number of sulfonamides is 1. The van der Waals surface area contributed by atoms with E-state index in [1.807, 2.05) is 20.8 Å². The third-order valence-corrected chi connectivity index (χ3v) is 8.99. The van der Waals surface area contributed by atoms with Crippen LogP contribution in [-0.2, 0) is 26.2 Å². The number of nitrogens with zero attached hydrogens (tertiary/aromatic N) is 2. The van der Waals surface area contributed by atoms with Gasteiger partial charge in [-0.2, -0.15) is 0 Å². The quantitative estimate of drug-likeness (QED) is 0.315. The van der Waals surface area contributed by atoms with E-state index in [1.165, 1.54) is 48.2 Å². The van der Waals surface area contributed by atoms with E-state index in [2.05, 4.69) is 5.32 Å². The van der Waals surface area contributed by atoms with Gasteiger partial charge < -0.3 is 10.2 Å². The average Bonchev–Trinajstić information content (AvgIpc) is 2.92. The number of amides is 2. The van der Waals surface area contributed by atoms with Crippen molar-refractivity contribution >= 4 is 39.1 Å². The Labute approximate surface area is 241 Å². The zero-order chi connectivity index (χ0) is 29.6. The van der Waals surface area contributed by atoms with Crippen LogP contribution in [0.3, 0.4) is 0 Å².